The molecule has 0 bridgehead atoms. The number of nitrogens with zero attached hydrogens (tertiary/aromatic N) is 1. The first-order chi connectivity index (χ1) is 8.80. The molecular weight excluding hydrogens is 242 g/mol. The van der Waals surface area contributed by atoms with Gasteiger partial charge in [0.05, 0.1) is 12.1 Å². The lowest BCUT2D eigenvalue weighted by Crippen LogP contribution is -2.51. The van der Waals surface area contributed by atoms with E-state index in [2.05, 4.69) is 5.32 Å². The maximum atomic E-state index is 11.8. The molecule has 0 aliphatic heterocycles. The molecule has 1 aromatic carbocycles. The second-order valence-corrected chi connectivity index (χ2v) is 5.14. The lowest BCUT2D eigenvalue weighted by atomic mass is 10.1. The fourth-order valence-corrected chi connectivity index (χ4v) is 1.46. The van der Waals surface area contributed by atoms with E-state index in [0.29, 0.717) is 6.54 Å². The van der Waals surface area contributed by atoms with Gasteiger partial charge in [0.1, 0.15) is 0 Å². The van der Waals surface area contributed by atoms with Crippen molar-refractivity contribution in [1.82, 2.24) is 10.2 Å². The second kappa shape index (κ2) is 6.33. The summed E-state index contributed by atoms with van der Waals surface area (Å²) < 4.78 is 0. The third-order valence-electron chi connectivity index (χ3n) is 2.67. The third-order valence-corrected chi connectivity index (χ3v) is 2.67. The van der Waals surface area contributed by atoms with Gasteiger partial charge >= 0.3 is 0 Å². The van der Waals surface area contributed by atoms with E-state index in [0.717, 1.165) is 5.56 Å². The van der Waals surface area contributed by atoms with Crippen LogP contribution in [0.5, 0.6) is 0 Å². The third kappa shape index (κ3) is 5.09. The number of nitrogens with one attached hydrogen (secondary N) is 1. The number of carbonyl (C=O) groups excluding carboxylic acids is 2. The van der Waals surface area contributed by atoms with Crippen LogP contribution in [0.15, 0.2) is 30.3 Å². The van der Waals surface area contributed by atoms with Gasteiger partial charge < -0.3 is 16.0 Å². The van der Waals surface area contributed by atoms with E-state index < -0.39 is 5.54 Å². The Morgan fingerprint density at radius 1 is 1.26 bits per heavy atom. The average Bonchev–Trinajstić information content (AvgIpc) is 2.35. The van der Waals surface area contributed by atoms with Crippen LogP contribution in [0.1, 0.15) is 19.4 Å². The standard InChI is InChI=1S/C14H21N3O2/c1-14(2,15)13(19)16-9-12(18)17(3)10-11-7-5-4-6-8-11/h4-8H,9-10,15H2,1-3H3,(H,16,19). The maximum absolute atomic E-state index is 11.8. The van der Waals surface area contributed by atoms with Gasteiger partial charge in [-0.2, -0.15) is 0 Å². The summed E-state index contributed by atoms with van der Waals surface area (Å²) in [5.41, 5.74) is 5.70. The molecule has 5 nitrogen and oxygen atoms in total. The van der Waals surface area contributed by atoms with Crippen LogP contribution in [-0.4, -0.2) is 35.8 Å². The first-order valence-electron chi connectivity index (χ1n) is 6.16. The van der Waals surface area contributed by atoms with E-state index in [1.165, 1.54) is 0 Å². The second-order valence-electron chi connectivity index (χ2n) is 5.14. The zero-order chi connectivity index (χ0) is 14.5. The average molecular weight is 263 g/mol. The van der Waals surface area contributed by atoms with E-state index in [4.69, 9.17) is 5.73 Å². The molecule has 3 N–H and O–H groups in total. The molecule has 0 saturated heterocycles. The van der Waals surface area contributed by atoms with Crippen molar-refractivity contribution in [2.45, 2.75) is 25.9 Å². The van der Waals surface area contributed by atoms with E-state index >= 15 is 0 Å². The molecule has 0 fully saturated rings. The summed E-state index contributed by atoms with van der Waals surface area (Å²) in [5, 5.41) is 2.53. The highest BCUT2D eigenvalue weighted by Crippen LogP contribution is 2.02. The molecule has 1 rings (SSSR count). The zero-order valence-electron chi connectivity index (χ0n) is 11.6. The Labute approximate surface area is 113 Å². The van der Waals surface area contributed by atoms with Crippen LogP contribution in [0, 0.1) is 0 Å². The number of amides is 2. The molecule has 19 heavy (non-hydrogen) atoms. The summed E-state index contributed by atoms with van der Waals surface area (Å²) in [6.45, 7) is 3.67. The lowest BCUT2D eigenvalue weighted by molar-refractivity contribution is -0.133. The van der Waals surface area contributed by atoms with Crippen LogP contribution in [0.3, 0.4) is 0 Å². The molecule has 0 atom stereocenters. The van der Waals surface area contributed by atoms with Gasteiger partial charge in [-0.25, -0.2) is 0 Å². The molecule has 0 unspecified atom stereocenters. The minimum atomic E-state index is -0.974. The van der Waals surface area contributed by atoms with Crippen LogP contribution in [0.2, 0.25) is 0 Å². The van der Waals surface area contributed by atoms with Gasteiger partial charge in [-0.15, -0.1) is 0 Å². The first-order valence-corrected chi connectivity index (χ1v) is 6.16. The van der Waals surface area contributed by atoms with Crippen molar-refractivity contribution in [3.8, 4) is 0 Å². The fourth-order valence-electron chi connectivity index (χ4n) is 1.46. The molecule has 0 saturated carbocycles. The van der Waals surface area contributed by atoms with Crippen LogP contribution >= 0.6 is 0 Å². The first kappa shape index (κ1) is 15.2. The smallest absolute Gasteiger partial charge is 0.242 e. The summed E-state index contributed by atoms with van der Waals surface area (Å²) >= 11 is 0. The highest BCUT2D eigenvalue weighted by atomic mass is 16.2. The lowest BCUT2D eigenvalue weighted by Gasteiger charge is -2.20. The number of nitrogens with two attached hydrogens (primary N) is 1. The molecule has 104 valence electrons. The number of likely N-dealkylation sites (N-methyl/N-ethyl adjacent to an activating group) is 1. The Hall–Kier alpha value is -1.88. The van der Waals surface area contributed by atoms with Gasteiger partial charge in [0.2, 0.25) is 11.8 Å². The number of carbonyl (C=O) groups is 2. The molecular formula is C14H21N3O2. The molecule has 0 aliphatic carbocycles. The van der Waals surface area contributed by atoms with Crippen LogP contribution in [0.25, 0.3) is 0 Å². The fraction of sp³-hybridized carbons (Fsp3) is 0.429. The molecule has 0 heterocycles. The maximum Gasteiger partial charge on any atom is 0.242 e. The number of hydrogen-bond acceptors (Lipinski definition) is 3. The van der Waals surface area contributed by atoms with Crippen LogP contribution in [0.4, 0.5) is 0 Å². The summed E-state index contributed by atoms with van der Waals surface area (Å²) in [6.07, 6.45) is 0. The Morgan fingerprint density at radius 2 is 1.84 bits per heavy atom. The Morgan fingerprint density at radius 3 is 2.37 bits per heavy atom. The van der Waals surface area contributed by atoms with E-state index in [1.54, 1.807) is 25.8 Å². The van der Waals surface area contributed by atoms with Crippen molar-refractivity contribution < 1.29 is 9.59 Å². The van der Waals surface area contributed by atoms with Gasteiger partial charge in [0.25, 0.3) is 0 Å². The van der Waals surface area contributed by atoms with Crippen LogP contribution in [-0.2, 0) is 16.1 Å². The summed E-state index contributed by atoms with van der Waals surface area (Å²) in [7, 11) is 1.70. The SMILES string of the molecule is CN(Cc1ccccc1)C(=O)CNC(=O)C(C)(C)N. The highest BCUT2D eigenvalue weighted by molar-refractivity contribution is 5.89. The highest BCUT2D eigenvalue weighted by Gasteiger charge is 2.22. The number of benzene rings is 1. The molecule has 1 aromatic rings. The molecule has 0 radical (unpaired) electrons. The molecule has 5 heteroatoms. The minimum Gasteiger partial charge on any atom is -0.345 e. The molecule has 0 aromatic heterocycles. The van der Waals surface area contributed by atoms with E-state index in [1.807, 2.05) is 30.3 Å². The molecule has 0 spiro atoms. The van der Waals surface area contributed by atoms with Crippen molar-refractivity contribution in [1.29, 1.82) is 0 Å². The predicted octanol–water partition coefficient (Wildman–Crippen LogP) is 0.499. The van der Waals surface area contributed by atoms with Crippen LogP contribution < -0.4 is 11.1 Å². The van der Waals surface area contributed by atoms with Gasteiger partial charge in [-0.1, -0.05) is 30.3 Å². The topological polar surface area (TPSA) is 75.4 Å². The molecule has 2 amide bonds. The quantitative estimate of drug-likeness (QED) is 0.812. The Kier molecular flexibility index (Phi) is 5.06. The molecule has 0 aliphatic rings. The Bertz CT molecular complexity index is 438. The summed E-state index contributed by atoms with van der Waals surface area (Å²) in [6, 6.07) is 9.67. The normalized spacial score (nSPS) is 10.9. The van der Waals surface area contributed by atoms with Gasteiger partial charge in [-0.3, -0.25) is 9.59 Å². The number of hydrogen-bond donors (Lipinski definition) is 2. The van der Waals surface area contributed by atoms with Gasteiger partial charge in [0.15, 0.2) is 0 Å². The number of rotatable bonds is 5. The largest absolute Gasteiger partial charge is 0.345 e. The zero-order valence-corrected chi connectivity index (χ0v) is 11.6. The Balaban J connectivity index is 2.44. The summed E-state index contributed by atoms with van der Waals surface area (Å²) in [4.78, 5) is 25.0. The predicted molar refractivity (Wildman–Crippen MR) is 74.2 cm³/mol. The van der Waals surface area contributed by atoms with Gasteiger partial charge in [-0.05, 0) is 19.4 Å². The van der Waals surface area contributed by atoms with Crippen molar-refractivity contribution in [3.63, 3.8) is 0 Å². The van der Waals surface area contributed by atoms with Gasteiger partial charge in [0, 0.05) is 13.6 Å². The van der Waals surface area contributed by atoms with E-state index in [9.17, 15) is 9.59 Å². The monoisotopic (exact) mass is 263 g/mol. The van der Waals surface area contributed by atoms with Crippen molar-refractivity contribution >= 4 is 11.8 Å². The minimum absolute atomic E-state index is 0.0389. The van der Waals surface area contributed by atoms with Crippen molar-refractivity contribution in [2.24, 2.45) is 5.73 Å². The van der Waals surface area contributed by atoms with E-state index in [-0.39, 0.29) is 18.4 Å². The summed E-state index contributed by atoms with van der Waals surface area (Å²) in [5.74, 6) is -0.490. The van der Waals surface area contributed by atoms with Crippen molar-refractivity contribution in [3.05, 3.63) is 35.9 Å². The van der Waals surface area contributed by atoms with Crippen molar-refractivity contribution in [2.75, 3.05) is 13.6 Å².